The molecule has 0 aliphatic carbocycles. The highest BCUT2D eigenvalue weighted by Crippen LogP contribution is 2.21. The molecule has 1 N–H and O–H groups in total. The van der Waals surface area contributed by atoms with Gasteiger partial charge >= 0.3 is 5.82 Å². The number of aromatic nitrogens is 2. The van der Waals surface area contributed by atoms with E-state index in [2.05, 4.69) is 10.3 Å². The Morgan fingerprint density at radius 2 is 2.20 bits per heavy atom. The van der Waals surface area contributed by atoms with E-state index in [1.54, 1.807) is 18.7 Å². The van der Waals surface area contributed by atoms with Crippen LogP contribution in [0.3, 0.4) is 0 Å². The smallest absolute Gasteiger partial charge is 0.380 e. The van der Waals surface area contributed by atoms with Crippen LogP contribution in [0.25, 0.3) is 0 Å². The third kappa shape index (κ3) is 3.12. The minimum atomic E-state index is -0.496. The standard InChI is InChI=1S/C13H16N4O3/c1-16-9-15-13(17(18)19)12(16)14-7-10-4-3-5-11(6-10)8-20-2/h3-6,9,14H,7-8H2,1-2H3. The number of hydrogen-bond acceptors (Lipinski definition) is 5. The van der Waals surface area contributed by atoms with E-state index < -0.39 is 4.92 Å². The highest BCUT2D eigenvalue weighted by Gasteiger charge is 2.19. The second-order valence-corrected chi connectivity index (χ2v) is 4.39. The molecule has 20 heavy (non-hydrogen) atoms. The molecule has 0 aliphatic heterocycles. The number of ether oxygens (including phenoxy) is 1. The normalized spacial score (nSPS) is 10.5. The number of rotatable bonds is 6. The molecule has 1 aromatic heterocycles. The Morgan fingerprint density at radius 1 is 1.45 bits per heavy atom. The molecule has 0 fully saturated rings. The molecule has 2 rings (SSSR count). The summed E-state index contributed by atoms with van der Waals surface area (Å²) in [5, 5.41) is 13.9. The summed E-state index contributed by atoms with van der Waals surface area (Å²) in [7, 11) is 3.35. The van der Waals surface area contributed by atoms with Crippen molar-refractivity contribution in [2.45, 2.75) is 13.2 Å². The maximum atomic E-state index is 10.9. The molecule has 7 heteroatoms. The quantitative estimate of drug-likeness (QED) is 0.645. The van der Waals surface area contributed by atoms with Gasteiger partial charge in [-0.3, -0.25) is 4.57 Å². The van der Waals surface area contributed by atoms with Gasteiger partial charge in [0.2, 0.25) is 12.1 Å². The molecular weight excluding hydrogens is 260 g/mol. The van der Waals surface area contributed by atoms with Gasteiger partial charge < -0.3 is 20.2 Å². The minimum absolute atomic E-state index is 0.166. The molecule has 1 aromatic carbocycles. The number of methoxy groups -OCH3 is 1. The largest absolute Gasteiger partial charge is 0.406 e. The predicted molar refractivity (Wildman–Crippen MR) is 74.3 cm³/mol. The van der Waals surface area contributed by atoms with Crippen LogP contribution in [0.1, 0.15) is 11.1 Å². The first kappa shape index (κ1) is 14.0. The van der Waals surface area contributed by atoms with E-state index in [-0.39, 0.29) is 5.82 Å². The zero-order valence-electron chi connectivity index (χ0n) is 11.4. The molecule has 7 nitrogen and oxygen atoms in total. The first-order valence-electron chi connectivity index (χ1n) is 6.08. The van der Waals surface area contributed by atoms with Gasteiger partial charge in [-0.15, -0.1) is 0 Å². The first-order valence-corrected chi connectivity index (χ1v) is 6.08. The highest BCUT2D eigenvalue weighted by atomic mass is 16.6. The molecule has 106 valence electrons. The van der Waals surface area contributed by atoms with E-state index in [1.807, 2.05) is 24.3 Å². The Morgan fingerprint density at radius 3 is 2.90 bits per heavy atom. The van der Waals surface area contributed by atoms with Gasteiger partial charge in [-0.05, 0) is 21.0 Å². The van der Waals surface area contributed by atoms with Crippen LogP contribution in [-0.2, 0) is 24.9 Å². The minimum Gasteiger partial charge on any atom is -0.380 e. The van der Waals surface area contributed by atoms with Crippen molar-refractivity contribution < 1.29 is 9.66 Å². The number of imidazole rings is 1. The number of benzene rings is 1. The monoisotopic (exact) mass is 276 g/mol. The molecule has 1 heterocycles. The number of nitrogens with one attached hydrogen (secondary N) is 1. The zero-order chi connectivity index (χ0) is 14.5. The van der Waals surface area contributed by atoms with Crippen LogP contribution >= 0.6 is 0 Å². The molecule has 0 saturated heterocycles. The Kier molecular flexibility index (Phi) is 4.31. The predicted octanol–water partition coefficient (Wildman–Crippen LogP) is 2.09. The molecule has 2 aromatic rings. The summed E-state index contributed by atoms with van der Waals surface area (Å²) in [6.45, 7) is 1.03. The summed E-state index contributed by atoms with van der Waals surface area (Å²) in [4.78, 5) is 14.1. The van der Waals surface area contributed by atoms with E-state index in [0.29, 0.717) is 19.0 Å². The van der Waals surface area contributed by atoms with Crippen molar-refractivity contribution in [3.05, 3.63) is 51.8 Å². The van der Waals surface area contributed by atoms with E-state index in [4.69, 9.17) is 4.74 Å². The highest BCUT2D eigenvalue weighted by molar-refractivity contribution is 5.52. The number of anilines is 1. The van der Waals surface area contributed by atoms with Crippen molar-refractivity contribution in [2.24, 2.45) is 7.05 Å². The summed E-state index contributed by atoms with van der Waals surface area (Å²) in [6, 6.07) is 7.86. The second-order valence-electron chi connectivity index (χ2n) is 4.39. The van der Waals surface area contributed by atoms with Crippen molar-refractivity contribution >= 4 is 11.6 Å². The van der Waals surface area contributed by atoms with Crippen LogP contribution in [0.15, 0.2) is 30.6 Å². The van der Waals surface area contributed by atoms with Crippen molar-refractivity contribution in [1.29, 1.82) is 0 Å². The lowest BCUT2D eigenvalue weighted by atomic mass is 10.1. The molecule has 0 amide bonds. The average molecular weight is 276 g/mol. The Hall–Kier alpha value is -2.41. The molecule has 0 bridgehead atoms. The van der Waals surface area contributed by atoms with Crippen molar-refractivity contribution in [3.63, 3.8) is 0 Å². The molecule has 0 atom stereocenters. The van der Waals surface area contributed by atoms with Crippen LogP contribution in [-0.4, -0.2) is 21.6 Å². The van der Waals surface area contributed by atoms with E-state index in [1.165, 1.54) is 6.33 Å². The Bertz CT molecular complexity index is 609. The van der Waals surface area contributed by atoms with Crippen molar-refractivity contribution in [1.82, 2.24) is 9.55 Å². The number of nitrogens with zero attached hydrogens (tertiary/aromatic N) is 3. The van der Waals surface area contributed by atoms with E-state index in [9.17, 15) is 10.1 Å². The fourth-order valence-electron chi connectivity index (χ4n) is 1.94. The van der Waals surface area contributed by atoms with Gasteiger partial charge in [0.15, 0.2) is 0 Å². The van der Waals surface area contributed by atoms with E-state index >= 15 is 0 Å². The van der Waals surface area contributed by atoms with Crippen LogP contribution in [0.2, 0.25) is 0 Å². The third-order valence-electron chi connectivity index (χ3n) is 2.85. The van der Waals surface area contributed by atoms with Crippen molar-refractivity contribution in [2.75, 3.05) is 12.4 Å². The van der Waals surface area contributed by atoms with Gasteiger partial charge in [0.1, 0.15) is 0 Å². The summed E-state index contributed by atoms with van der Waals surface area (Å²) in [6.07, 6.45) is 1.42. The molecule has 0 spiro atoms. The Labute approximate surface area is 116 Å². The van der Waals surface area contributed by atoms with Gasteiger partial charge in [0, 0.05) is 20.7 Å². The van der Waals surface area contributed by atoms with Crippen molar-refractivity contribution in [3.8, 4) is 0 Å². The fourth-order valence-corrected chi connectivity index (χ4v) is 1.94. The lowest BCUT2D eigenvalue weighted by Gasteiger charge is -2.08. The van der Waals surface area contributed by atoms with Gasteiger partial charge in [-0.25, -0.2) is 0 Å². The van der Waals surface area contributed by atoms with Crippen LogP contribution < -0.4 is 5.32 Å². The average Bonchev–Trinajstić information content (AvgIpc) is 2.79. The van der Waals surface area contributed by atoms with Crippen LogP contribution in [0, 0.1) is 10.1 Å². The first-order chi connectivity index (χ1) is 9.61. The van der Waals surface area contributed by atoms with Crippen LogP contribution in [0.5, 0.6) is 0 Å². The van der Waals surface area contributed by atoms with Crippen LogP contribution in [0.4, 0.5) is 11.6 Å². The topological polar surface area (TPSA) is 82.2 Å². The number of aryl methyl sites for hydroxylation is 1. The lowest BCUT2D eigenvalue weighted by molar-refractivity contribution is -0.388. The van der Waals surface area contributed by atoms with Gasteiger partial charge in [-0.2, -0.15) is 0 Å². The summed E-state index contributed by atoms with van der Waals surface area (Å²) < 4.78 is 6.67. The van der Waals surface area contributed by atoms with E-state index in [0.717, 1.165) is 11.1 Å². The SMILES string of the molecule is COCc1cccc(CNc2c([N+](=O)[O-])ncn2C)c1. The molecule has 0 aliphatic rings. The zero-order valence-corrected chi connectivity index (χ0v) is 11.4. The maximum absolute atomic E-state index is 10.9. The molecule has 0 unspecified atom stereocenters. The van der Waals surface area contributed by atoms with Gasteiger partial charge in [-0.1, -0.05) is 24.3 Å². The number of hydrogen-bond donors (Lipinski definition) is 1. The molecular formula is C13H16N4O3. The second kappa shape index (κ2) is 6.16. The molecule has 0 radical (unpaired) electrons. The summed E-state index contributed by atoms with van der Waals surface area (Å²) in [5.41, 5.74) is 2.08. The summed E-state index contributed by atoms with van der Waals surface area (Å²) in [5.74, 6) is 0.229. The Balaban J connectivity index is 2.11. The van der Waals surface area contributed by atoms with Gasteiger partial charge in [0.25, 0.3) is 0 Å². The third-order valence-corrected chi connectivity index (χ3v) is 2.85. The summed E-state index contributed by atoms with van der Waals surface area (Å²) >= 11 is 0. The van der Waals surface area contributed by atoms with Gasteiger partial charge in [0.05, 0.1) is 6.61 Å². The maximum Gasteiger partial charge on any atom is 0.406 e. The number of nitro groups is 1. The molecule has 0 saturated carbocycles. The fraction of sp³-hybridized carbons (Fsp3) is 0.308. The lowest BCUT2D eigenvalue weighted by Crippen LogP contribution is -2.06.